The lowest BCUT2D eigenvalue weighted by Crippen LogP contribution is -2.53. The molecule has 5 heteroatoms. The van der Waals surface area contributed by atoms with Crippen LogP contribution < -0.4 is 16.0 Å². The zero-order valence-corrected chi connectivity index (χ0v) is 12.0. The van der Waals surface area contributed by atoms with E-state index in [0.29, 0.717) is 6.42 Å². The second-order valence-corrected chi connectivity index (χ2v) is 4.76. The number of ether oxygens (including phenoxy) is 2. The third-order valence-corrected chi connectivity index (χ3v) is 3.76. The average molecular weight is 270 g/mol. The fourth-order valence-corrected chi connectivity index (χ4v) is 2.06. The van der Waals surface area contributed by atoms with Gasteiger partial charge in [0.2, 0.25) is 0 Å². The lowest BCUT2D eigenvalue weighted by molar-refractivity contribution is -0.0288. The molecule has 0 aliphatic heterocycles. The van der Waals surface area contributed by atoms with Crippen molar-refractivity contribution in [1.29, 1.82) is 0 Å². The number of hydrazine groups is 1. The van der Waals surface area contributed by atoms with E-state index in [-0.39, 0.29) is 17.6 Å². The molecule has 0 spiro atoms. The average Bonchev–Trinajstić information content (AvgIpc) is 2.44. The van der Waals surface area contributed by atoms with Crippen LogP contribution in [0.25, 0.3) is 0 Å². The predicted octanol–water partition coefficient (Wildman–Crippen LogP) is 2.02. The van der Waals surface area contributed by atoms with Crippen molar-refractivity contribution in [2.75, 3.05) is 14.2 Å². The van der Waals surface area contributed by atoms with E-state index < -0.39 is 5.60 Å². The molecule has 2 atom stereocenters. The summed E-state index contributed by atoms with van der Waals surface area (Å²) in [5, 5.41) is 0. The van der Waals surface area contributed by atoms with Crippen molar-refractivity contribution in [2.45, 2.75) is 38.3 Å². The maximum absolute atomic E-state index is 13.7. The van der Waals surface area contributed by atoms with Crippen LogP contribution in [0.4, 0.5) is 4.39 Å². The van der Waals surface area contributed by atoms with Crippen molar-refractivity contribution in [3.63, 3.8) is 0 Å². The highest BCUT2D eigenvalue weighted by Gasteiger charge is 2.32. The summed E-state index contributed by atoms with van der Waals surface area (Å²) in [7, 11) is 3.10. The molecule has 1 aromatic carbocycles. The summed E-state index contributed by atoms with van der Waals surface area (Å²) in [5.74, 6) is 5.48. The van der Waals surface area contributed by atoms with Gasteiger partial charge >= 0.3 is 0 Å². The molecule has 3 N–H and O–H groups in total. The zero-order valence-electron chi connectivity index (χ0n) is 12.0. The highest BCUT2D eigenvalue weighted by Crippen LogP contribution is 2.24. The van der Waals surface area contributed by atoms with Gasteiger partial charge in [-0.15, -0.1) is 0 Å². The van der Waals surface area contributed by atoms with Gasteiger partial charge in [0, 0.05) is 7.11 Å². The first-order valence-electron chi connectivity index (χ1n) is 6.34. The maximum Gasteiger partial charge on any atom is 0.165 e. The lowest BCUT2D eigenvalue weighted by atomic mass is 9.88. The van der Waals surface area contributed by atoms with Crippen molar-refractivity contribution in [2.24, 2.45) is 5.84 Å². The summed E-state index contributed by atoms with van der Waals surface area (Å²) in [5.41, 5.74) is 3.21. The molecule has 19 heavy (non-hydrogen) atoms. The van der Waals surface area contributed by atoms with Crippen LogP contribution in [0.1, 0.15) is 25.8 Å². The Morgan fingerprint density at radius 1 is 1.42 bits per heavy atom. The molecule has 1 rings (SSSR count). The number of nitrogens with two attached hydrogens (primary N) is 1. The van der Waals surface area contributed by atoms with E-state index in [1.54, 1.807) is 13.2 Å². The summed E-state index contributed by atoms with van der Waals surface area (Å²) < 4.78 is 24.1. The molecular formula is C14H23FN2O2. The van der Waals surface area contributed by atoms with E-state index in [1.165, 1.54) is 13.2 Å². The van der Waals surface area contributed by atoms with E-state index in [4.69, 9.17) is 15.3 Å². The van der Waals surface area contributed by atoms with Crippen LogP contribution in [0, 0.1) is 5.82 Å². The smallest absolute Gasteiger partial charge is 0.165 e. The van der Waals surface area contributed by atoms with Gasteiger partial charge in [-0.1, -0.05) is 13.0 Å². The van der Waals surface area contributed by atoms with Gasteiger partial charge in [0.15, 0.2) is 11.6 Å². The van der Waals surface area contributed by atoms with Crippen LogP contribution in [0.5, 0.6) is 5.75 Å². The standard InChI is InChI=1S/C14H23FN2O2/c1-5-14(2,19-4)13(17-16)9-10-6-7-12(18-3)11(15)8-10/h6-8,13,17H,5,9,16H2,1-4H3. The number of hydrogen-bond acceptors (Lipinski definition) is 4. The Balaban J connectivity index is 2.90. The Morgan fingerprint density at radius 3 is 2.53 bits per heavy atom. The van der Waals surface area contributed by atoms with Crippen molar-refractivity contribution < 1.29 is 13.9 Å². The van der Waals surface area contributed by atoms with Gasteiger partial charge in [0.25, 0.3) is 0 Å². The van der Waals surface area contributed by atoms with Gasteiger partial charge in [-0.2, -0.15) is 0 Å². The van der Waals surface area contributed by atoms with Gasteiger partial charge in [0.1, 0.15) is 0 Å². The molecule has 0 aliphatic rings. The van der Waals surface area contributed by atoms with Crippen LogP contribution in [-0.2, 0) is 11.2 Å². The van der Waals surface area contributed by atoms with E-state index in [1.807, 2.05) is 19.9 Å². The topological polar surface area (TPSA) is 56.5 Å². The Kier molecular flexibility index (Phi) is 5.72. The quantitative estimate of drug-likeness (QED) is 0.588. The number of benzene rings is 1. The molecule has 0 aliphatic carbocycles. The fourth-order valence-electron chi connectivity index (χ4n) is 2.06. The highest BCUT2D eigenvalue weighted by molar-refractivity contribution is 5.30. The molecular weight excluding hydrogens is 247 g/mol. The maximum atomic E-state index is 13.7. The minimum absolute atomic E-state index is 0.102. The second kappa shape index (κ2) is 6.84. The summed E-state index contributed by atoms with van der Waals surface area (Å²) in [6.45, 7) is 4.01. The Morgan fingerprint density at radius 2 is 2.11 bits per heavy atom. The first-order chi connectivity index (χ1) is 9.00. The molecule has 0 saturated heterocycles. The summed E-state index contributed by atoms with van der Waals surface area (Å²) in [4.78, 5) is 0. The molecule has 108 valence electrons. The Bertz CT molecular complexity index is 408. The molecule has 0 bridgehead atoms. The molecule has 0 heterocycles. The van der Waals surface area contributed by atoms with Crippen LogP contribution >= 0.6 is 0 Å². The van der Waals surface area contributed by atoms with Gasteiger partial charge in [-0.25, -0.2) is 4.39 Å². The Labute approximate surface area is 114 Å². The third-order valence-electron chi connectivity index (χ3n) is 3.76. The van der Waals surface area contributed by atoms with Gasteiger partial charge < -0.3 is 9.47 Å². The monoisotopic (exact) mass is 270 g/mol. The van der Waals surface area contributed by atoms with Crippen molar-refractivity contribution >= 4 is 0 Å². The summed E-state index contributed by atoms with van der Waals surface area (Å²) in [6, 6.07) is 4.82. The molecule has 0 radical (unpaired) electrons. The number of methoxy groups -OCH3 is 2. The van der Waals surface area contributed by atoms with E-state index in [0.717, 1.165) is 12.0 Å². The highest BCUT2D eigenvalue weighted by atomic mass is 19.1. The fraction of sp³-hybridized carbons (Fsp3) is 0.571. The molecule has 0 amide bonds. The van der Waals surface area contributed by atoms with Crippen LogP contribution in [0.2, 0.25) is 0 Å². The molecule has 1 aromatic rings. The van der Waals surface area contributed by atoms with Crippen molar-refractivity contribution in [3.05, 3.63) is 29.6 Å². The third kappa shape index (κ3) is 3.65. The van der Waals surface area contributed by atoms with E-state index >= 15 is 0 Å². The van der Waals surface area contributed by atoms with Gasteiger partial charge in [-0.3, -0.25) is 11.3 Å². The lowest BCUT2D eigenvalue weighted by Gasteiger charge is -2.35. The zero-order chi connectivity index (χ0) is 14.5. The minimum atomic E-state index is -0.398. The number of rotatable bonds is 7. The summed E-state index contributed by atoms with van der Waals surface area (Å²) >= 11 is 0. The van der Waals surface area contributed by atoms with E-state index in [9.17, 15) is 4.39 Å². The van der Waals surface area contributed by atoms with Crippen LogP contribution in [0.3, 0.4) is 0 Å². The first kappa shape index (κ1) is 15.9. The first-order valence-corrected chi connectivity index (χ1v) is 6.34. The van der Waals surface area contributed by atoms with Gasteiger partial charge in [0.05, 0.1) is 18.8 Å². The van der Waals surface area contributed by atoms with Crippen LogP contribution in [-0.4, -0.2) is 25.9 Å². The normalized spacial score (nSPS) is 15.9. The Hall–Kier alpha value is -1.17. The SMILES string of the molecule is CCC(C)(OC)C(Cc1ccc(OC)c(F)c1)NN. The van der Waals surface area contributed by atoms with Crippen molar-refractivity contribution in [1.82, 2.24) is 5.43 Å². The number of nitrogens with one attached hydrogen (secondary N) is 1. The number of halogens is 1. The van der Waals surface area contributed by atoms with E-state index in [2.05, 4.69) is 5.43 Å². The largest absolute Gasteiger partial charge is 0.494 e. The molecule has 4 nitrogen and oxygen atoms in total. The van der Waals surface area contributed by atoms with Crippen molar-refractivity contribution in [3.8, 4) is 5.75 Å². The molecule has 0 saturated carbocycles. The minimum Gasteiger partial charge on any atom is -0.494 e. The molecule has 0 aromatic heterocycles. The van der Waals surface area contributed by atoms with Gasteiger partial charge in [-0.05, 0) is 37.5 Å². The molecule has 2 unspecified atom stereocenters. The summed E-state index contributed by atoms with van der Waals surface area (Å²) in [6.07, 6.45) is 1.38. The second-order valence-electron chi connectivity index (χ2n) is 4.76. The van der Waals surface area contributed by atoms with Crippen LogP contribution in [0.15, 0.2) is 18.2 Å². The molecule has 0 fully saturated rings. The number of hydrogen-bond donors (Lipinski definition) is 2. The predicted molar refractivity (Wildman–Crippen MR) is 73.5 cm³/mol.